The molecule has 1 fully saturated rings. The van der Waals surface area contributed by atoms with Crippen molar-refractivity contribution in [1.29, 1.82) is 0 Å². The van der Waals surface area contributed by atoms with E-state index in [2.05, 4.69) is 35.5 Å². The standard InChI is InChI=1S/C34H37NO7S/c36-34(37)20-32(33-12-15-42-35-33)26-6-8-28(9-7-26)40-22-24-4-5-25-2-1-3-27-19-29(10-11-30(27)31(25)18-24)41-21-23-13-16-43(38,39)17-14-23/h4-12,15,18-19,23,32,38-39H,1-3,13-14,16-17,20-22H2,(H,36,37). The lowest BCUT2D eigenvalue weighted by Gasteiger charge is -2.39. The van der Waals surface area contributed by atoms with Crippen LogP contribution in [0.2, 0.25) is 0 Å². The van der Waals surface area contributed by atoms with Gasteiger partial charge in [0.15, 0.2) is 0 Å². The zero-order chi connectivity index (χ0) is 29.8. The first kappa shape index (κ1) is 29.3. The average Bonchev–Trinajstić information content (AvgIpc) is 3.48. The molecule has 1 aliphatic heterocycles. The Morgan fingerprint density at radius 3 is 2.42 bits per heavy atom. The largest absolute Gasteiger partial charge is 0.493 e. The van der Waals surface area contributed by atoms with Crippen LogP contribution in [-0.2, 0) is 24.2 Å². The Balaban J connectivity index is 1.12. The first-order valence-electron chi connectivity index (χ1n) is 14.8. The highest BCUT2D eigenvalue weighted by Crippen LogP contribution is 2.45. The number of carbonyl (C=O) groups is 1. The monoisotopic (exact) mass is 603 g/mol. The average molecular weight is 604 g/mol. The van der Waals surface area contributed by atoms with E-state index < -0.39 is 22.5 Å². The summed E-state index contributed by atoms with van der Waals surface area (Å²) >= 11 is 0. The number of ether oxygens (including phenoxy) is 2. The summed E-state index contributed by atoms with van der Waals surface area (Å²) in [7, 11) is -2.37. The smallest absolute Gasteiger partial charge is 0.304 e. The third-order valence-electron chi connectivity index (χ3n) is 8.51. The van der Waals surface area contributed by atoms with E-state index in [1.165, 1.54) is 28.5 Å². The van der Waals surface area contributed by atoms with Gasteiger partial charge in [0, 0.05) is 23.5 Å². The number of rotatable bonds is 10. The van der Waals surface area contributed by atoms with Crippen molar-refractivity contribution in [2.75, 3.05) is 18.1 Å². The number of benzene rings is 3. The maximum atomic E-state index is 11.4. The zero-order valence-electron chi connectivity index (χ0n) is 24.0. The molecule has 0 radical (unpaired) electrons. The third-order valence-corrected chi connectivity index (χ3v) is 10.3. The van der Waals surface area contributed by atoms with Gasteiger partial charge in [-0.1, -0.05) is 35.5 Å². The van der Waals surface area contributed by atoms with E-state index in [1.54, 1.807) is 6.07 Å². The SMILES string of the molecule is O=C(O)CC(c1ccc(OCc2ccc3c(c2)-c2ccc(OCC4CCS(O)(O)CC4)cc2CCC3)cc1)c1ccon1. The molecule has 0 saturated carbocycles. The molecule has 6 rings (SSSR count). The molecule has 1 saturated heterocycles. The van der Waals surface area contributed by atoms with Crippen molar-refractivity contribution < 1.29 is 33.0 Å². The van der Waals surface area contributed by atoms with Gasteiger partial charge < -0.3 is 19.1 Å². The molecule has 0 amide bonds. The Bertz CT molecular complexity index is 1540. The Morgan fingerprint density at radius 2 is 1.67 bits per heavy atom. The summed E-state index contributed by atoms with van der Waals surface area (Å²) < 4.78 is 37.0. The van der Waals surface area contributed by atoms with Crippen molar-refractivity contribution >= 4 is 16.6 Å². The highest BCUT2D eigenvalue weighted by molar-refractivity contribution is 8.24. The number of aromatic nitrogens is 1. The van der Waals surface area contributed by atoms with Gasteiger partial charge in [0.1, 0.15) is 24.4 Å². The lowest BCUT2D eigenvalue weighted by atomic mass is 9.92. The highest BCUT2D eigenvalue weighted by Gasteiger charge is 2.25. The van der Waals surface area contributed by atoms with Gasteiger partial charge in [0.25, 0.3) is 0 Å². The Morgan fingerprint density at radius 1 is 0.907 bits per heavy atom. The van der Waals surface area contributed by atoms with Gasteiger partial charge in [-0.25, -0.2) is 0 Å². The third kappa shape index (κ3) is 7.24. The second-order valence-corrected chi connectivity index (χ2v) is 14.0. The predicted molar refractivity (Wildman–Crippen MR) is 166 cm³/mol. The second kappa shape index (κ2) is 12.8. The lowest BCUT2D eigenvalue weighted by molar-refractivity contribution is -0.137. The number of aryl methyl sites for hydroxylation is 2. The van der Waals surface area contributed by atoms with E-state index in [-0.39, 0.29) is 6.42 Å². The number of aliphatic carboxylic acids is 1. The fourth-order valence-electron chi connectivity index (χ4n) is 6.05. The van der Waals surface area contributed by atoms with Crippen LogP contribution in [-0.4, -0.2) is 43.5 Å². The number of carboxylic acids is 1. The summed E-state index contributed by atoms with van der Waals surface area (Å²) in [6, 6.07) is 22.1. The molecule has 1 unspecified atom stereocenters. The van der Waals surface area contributed by atoms with Crippen molar-refractivity contribution in [3.05, 3.63) is 101 Å². The summed E-state index contributed by atoms with van der Waals surface area (Å²) in [6.07, 6.45) is 6.04. The molecule has 1 aliphatic carbocycles. The van der Waals surface area contributed by atoms with Crippen LogP contribution in [0.25, 0.3) is 11.1 Å². The summed E-state index contributed by atoms with van der Waals surface area (Å²) in [6.45, 7) is 1.02. The molecule has 1 atom stereocenters. The minimum atomic E-state index is -2.37. The van der Waals surface area contributed by atoms with Gasteiger partial charge in [-0.2, -0.15) is 10.6 Å². The van der Waals surface area contributed by atoms with Crippen LogP contribution in [0, 0.1) is 5.92 Å². The van der Waals surface area contributed by atoms with Crippen LogP contribution >= 0.6 is 10.6 Å². The molecular formula is C34H37NO7S. The second-order valence-electron chi connectivity index (χ2n) is 11.6. The number of carboxylic acid groups (broad SMARTS) is 1. The van der Waals surface area contributed by atoms with Gasteiger partial charge in [-0.15, -0.1) is 0 Å². The molecule has 43 heavy (non-hydrogen) atoms. The van der Waals surface area contributed by atoms with Crippen molar-refractivity contribution in [1.82, 2.24) is 5.16 Å². The zero-order valence-corrected chi connectivity index (χ0v) is 24.8. The predicted octanol–water partition coefficient (Wildman–Crippen LogP) is 7.56. The van der Waals surface area contributed by atoms with Crippen LogP contribution in [0.4, 0.5) is 0 Å². The molecule has 8 nitrogen and oxygen atoms in total. The van der Waals surface area contributed by atoms with Gasteiger partial charge >= 0.3 is 5.97 Å². The molecule has 3 N–H and O–H groups in total. The summed E-state index contributed by atoms with van der Waals surface area (Å²) in [4.78, 5) is 11.4. The van der Waals surface area contributed by atoms with Gasteiger partial charge in [0.2, 0.25) is 0 Å². The highest BCUT2D eigenvalue weighted by atomic mass is 32.3. The number of hydrogen-bond acceptors (Lipinski definition) is 7. The number of fused-ring (bicyclic) bond motifs is 3. The fourth-order valence-corrected chi connectivity index (χ4v) is 7.68. The molecule has 2 heterocycles. The van der Waals surface area contributed by atoms with Gasteiger partial charge in [-0.05, 0) is 102 Å². The van der Waals surface area contributed by atoms with Crippen molar-refractivity contribution in [2.24, 2.45) is 5.92 Å². The molecule has 1 aromatic heterocycles. The minimum absolute atomic E-state index is 0.0753. The molecule has 0 bridgehead atoms. The molecule has 3 aromatic carbocycles. The Kier molecular flexibility index (Phi) is 8.74. The fraction of sp³-hybridized carbons (Fsp3) is 0.353. The molecule has 0 spiro atoms. The number of hydrogen-bond donors (Lipinski definition) is 3. The van der Waals surface area contributed by atoms with E-state index in [0.29, 0.717) is 42.1 Å². The Hall–Kier alpha value is -3.79. The van der Waals surface area contributed by atoms with E-state index in [4.69, 9.17) is 14.0 Å². The quantitative estimate of drug-likeness (QED) is 0.170. The summed E-state index contributed by atoms with van der Waals surface area (Å²) in [5.41, 5.74) is 7.58. The van der Waals surface area contributed by atoms with E-state index in [9.17, 15) is 19.0 Å². The molecule has 2 aliphatic rings. The summed E-state index contributed by atoms with van der Waals surface area (Å²) in [5.74, 6) is 1.61. The van der Waals surface area contributed by atoms with Gasteiger partial charge in [-0.3, -0.25) is 13.9 Å². The minimum Gasteiger partial charge on any atom is -0.493 e. The molecular weight excluding hydrogens is 566 g/mol. The maximum absolute atomic E-state index is 11.4. The van der Waals surface area contributed by atoms with Crippen molar-refractivity contribution in [2.45, 2.75) is 51.0 Å². The van der Waals surface area contributed by atoms with E-state index in [1.807, 2.05) is 30.3 Å². The van der Waals surface area contributed by atoms with Crippen molar-refractivity contribution in [3.8, 4) is 22.6 Å². The van der Waals surface area contributed by atoms with Crippen LogP contribution in [0.3, 0.4) is 0 Å². The number of nitrogens with zero attached hydrogens (tertiary/aromatic N) is 1. The first-order chi connectivity index (χ1) is 20.8. The van der Waals surface area contributed by atoms with Crippen molar-refractivity contribution in [3.63, 3.8) is 0 Å². The van der Waals surface area contributed by atoms with E-state index >= 15 is 0 Å². The first-order valence-corrected chi connectivity index (χ1v) is 16.7. The molecule has 9 heteroatoms. The molecule has 4 aromatic rings. The van der Waals surface area contributed by atoms with Gasteiger partial charge in [0.05, 0.1) is 18.7 Å². The normalized spacial score (nSPS) is 17.6. The van der Waals surface area contributed by atoms with Crippen LogP contribution < -0.4 is 9.47 Å². The molecule has 226 valence electrons. The van der Waals surface area contributed by atoms with Crippen LogP contribution in [0.15, 0.2) is 77.5 Å². The van der Waals surface area contributed by atoms with Crippen LogP contribution in [0.5, 0.6) is 11.5 Å². The summed E-state index contributed by atoms with van der Waals surface area (Å²) in [5, 5.41) is 13.3. The Labute approximate surface area is 253 Å². The topological polar surface area (TPSA) is 122 Å². The van der Waals surface area contributed by atoms with E-state index in [0.717, 1.165) is 49.0 Å². The maximum Gasteiger partial charge on any atom is 0.304 e. The lowest BCUT2D eigenvalue weighted by Crippen LogP contribution is -2.24. The van der Waals surface area contributed by atoms with Crippen LogP contribution in [0.1, 0.15) is 59.5 Å².